The van der Waals surface area contributed by atoms with E-state index in [0.717, 1.165) is 34.6 Å². The number of amides is 1. The van der Waals surface area contributed by atoms with Crippen molar-refractivity contribution in [2.45, 2.75) is 26.2 Å². The molecule has 0 fully saturated rings. The third-order valence-electron chi connectivity index (χ3n) is 4.49. The maximum absolute atomic E-state index is 12.7. The first-order chi connectivity index (χ1) is 12.8. The predicted octanol–water partition coefficient (Wildman–Crippen LogP) is 4.70. The molecule has 2 heterocycles. The van der Waals surface area contributed by atoms with Crippen molar-refractivity contribution >= 4 is 38.4 Å². The summed E-state index contributed by atoms with van der Waals surface area (Å²) >= 11 is 1.59. The molecule has 0 aliphatic heterocycles. The van der Waals surface area contributed by atoms with Crippen molar-refractivity contribution in [3.63, 3.8) is 0 Å². The average Bonchev–Trinajstić information content (AvgIpc) is 3.23. The monoisotopic (exact) mass is 363 g/mol. The molecule has 4 rings (SSSR count). The number of H-pyrrole nitrogens is 1. The number of rotatable bonds is 6. The fraction of sp³-hybridized carbons (Fsp3) is 0.238. The summed E-state index contributed by atoms with van der Waals surface area (Å²) in [7, 11) is 0. The zero-order valence-electron chi connectivity index (χ0n) is 14.7. The number of nitrogens with zero attached hydrogens (tertiary/aromatic N) is 1. The van der Waals surface area contributed by atoms with Crippen LogP contribution in [0.3, 0.4) is 0 Å². The maximum Gasteiger partial charge on any atom is 0.261 e. The van der Waals surface area contributed by atoms with Crippen molar-refractivity contribution in [1.29, 1.82) is 0 Å². The molecular formula is C21H21N3OS. The van der Waals surface area contributed by atoms with E-state index in [0.29, 0.717) is 13.0 Å². The lowest BCUT2D eigenvalue weighted by molar-refractivity contribution is 0.0957. The van der Waals surface area contributed by atoms with Gasteiger partial charge in [0, 0.05) is 17.7 Å². The van der Waals surface area contributed by atoms with Crippen LogP contribution in [0.5, 0.6) is 0 Å². The molecule has 0 atom stereocenters. The van der Waals surface area contributed by atoms with Gasteiger partial charge in [0.15, 0.2) is 0 Å². The Morgan fingerprint density at radius 1 is 1.12 bits per heavy atom. The molecular weight excluding hydrogens is 342 g/mol. The van der Waals surface area contributed by atoms with E-state index in [9.17, 15) is 4.79 Å². The number of carbonyl (C=O) groups is 1. The van der Waals surface area contributed by atoms with Crippen molar-refractivity contribution in [2.75, 3.05) is 6.54 Å². The second-order valence-corrected chi connectivity index (χ2v) is 7.41. The van der Waals surface area contributed by atoms with Crippen LogP contribution in [-0.2, 0) is 12.8 Å². The Balaban J connectivity index is 1.47. The van der Waals surface area contributed by atoms with E-state index in [1.54, 1.807) is 11.3 Å². The van der Waals surface area contributed by atoms with E-state index in [4.69, 9.17) is 0 Å². The normalized spacial score (nSPS) is 11.3. The van der Waals surface area contributed by atoms with Gasteiger partial charge in [-0.05, 0) is 35.6 Å². The average molecular weight is 363 g/mol. The largest absolute Gasteiger partial charge is 0.351 e. The molecule has 26 heavy (non-hydrogen) atoms. The van der Waals surface area contributed by atoms with Gasteiger partial charge in [-0.15, -0.1) is 11.3 Å². The van der Waals surface area contributed by atoms with Crippen LogP contribution in [0.2, 0.25) is 0 Å². The molecule has 0 spiro atoms. The molecule has 0 aliphatic carbocycles. The second kappa shape index (κ2) is 7.30. The van der Waals surface area contributed by atoms with Gasteiger partial charge < -0.3 is 10.3 Å². The summed E-state index contributed by atoms with van der Waals surface area (Å²) in [5.41, 5.74) is 3.17. The first-order valence-electron chi connectivity index (χ1n) is 8.98. The Morgan fingerprint density at radius 3 is 2.77 bits per heavy atom. The van der Waals surface area contributed by atoms with Crippen LogP contribution in [0.1, 0.15) is 34.4 Å². The summed E-state index contributed by atoms with van der Waals surface area (Å²) < 4.78 is 1.18. The van der Waals surface area contributed by atoms with Crippen LogP contribution in [0.4, 0.5) is 0 Å². The van der Waals surface area contributed by atoms with Gasteiger partial charge in [0.1, 0.15) is 5.82 Å². The van der Waals surface area contributed by atoms with Crippen molar-refractivity contribution in [3.8, 4) is 0 Å². The highest BCUT2D eigenvalue weighted by molar-refractivity contribution is 7.21. The molecule has 0 unspecified atom stereocenters. The molecule has 1 amide bonds. The van der Waals surface area contributed by atoms with Gasteiger partial charge in [-0.25, -0.2) is 4.98 Å². The molecule has 0 aliphatic rings. The molecule has 0 radical (unpaired) electrons. The number of aromatic nitrogens is 2. The van der Waals surface area contributed by atoms with Crippen LogP contribution in [0.15, 0.2) is 48.5 Å². The van der Waals surface area contributed by atoms with Gasteiger partial charge in [0.05, 0.1) is 15.9 Å². The fourth-order valence-corrected chi connectivity index (χ4v) is 4.45. The highest BCUT2D eigenvalue weighted by Crippen LogP contribution is 2.32. The van der Waals surface area contributed by atoms with Gasteiger partial charge in [-0.2, -0.15) is 0 Å². The van der Waals surface area contributed by atoms with E-state index in [2.05, 4.69) is 34.3 Å². The minimum Gasteiger partial charge on any atom is -0.351 e. The molecule has 5 heteroatoms. The topological polar surface area (TPSA) is 57.8 Å². The molecule has 0 bridgehead atoms. The zero-order chi connectivity index (χ0) is 17.9. The highest BCUT2D eigenvalue weighted by Gasteiger charge is 2.17. The number of aryl methyl sites for hydroxylation is 1. The minimum atomic E-state index is 0.0192. The van der Waals surface area contributed by atoms with Crippen LogP contribution in [-0.4, -0.2) is 22.4 Å². The van der Waals surface area contributed by atoms with E-state index in [1.807, 2.05) is 36.4 Å². The summed E-state index contributed by atoms with van der Waals surface area (Å²) in [4.78, 5) is 21.4. The lowest BCUT2D eigenvalue weighted by atomic mass is 10.1. The van der Waals surface area contributed by atoms with E-state index >= 15 is 0 Å². The molecule has 4 nitrogen and oxygen atoms in total. The number of hydrogen-bond acceptors (Lipinski definition) is 3. The van der Waals surface area contributed by atoms with Gasteiger partial charge in [0.2, 0.25) is 0 Å². The number of para-hydroxylation sites is 2. The van der Waals surface area contributed by atoms with Gasteiger partial charge in [0.25, 0.3) is 5.91 Å². The van der Waals surface area contributed by atoms with Crippen LogP contribution in [0.25, 0.3) is 21.1 Å². The Kier molecular flexibility index (Phi) is 4.71. The van der Waals surface area contributed by atoms with Gasteiger partial charge >= 0.3 is 0 Å². The summed E-state index contributed by atoms with van der Waals surface area (Å²) in [6, 6.07) is 16.2. The maximum atomic E-state index is 12.7. The number of nitrogens with one attached hydrogen (secondary N) is 2. The lowest BCUT2D eigenvalue weighted by Gasteiger charge is -2.05. The van der Waals surface area contributed by atoms with Crippen LogP contribution < -0.4 is 5.32 Å². The third-order valence-corrected chi connectivity index (χ3v) is 5.70. The van der Waals surface area contributed by atoms with Crippen molar-refractivity contribution in [1.82, 2.24) is 15.3 Å². The van der Waals surface area contributed by atoms with E-state index in [-0.39, 0.29) is 5.91 Å². The number of thiophene rings is 1. The van der Waals surface area contributed by atoms with Crippen molar-refractivity contribution in [3.05, 3.63) is 64.8 Å². The summed E-state index contributed by atoms with van der Waals surface area (Å²) in [6.07, 6.45) is 2.64. The smallest absolute Gasteiger partial charge is 0.261 e. The molecule has 0 saturated carbocycles. The molecule has 4 aromatic rings. The Hall–Kier alpha value is -2.66. The SMILES string of the molecule is CCCc1c(C(=O)NCCc2nc3ccccc3[nH]2)sc2ccccc12. The van der Waals surface area contributed by atoms with Gasteiger partial charge in [-0.1, -0.05) is 43.7 Å². The van der Waals surface area contributed by atoms with Crippen molar-refractivity contribution < 1.29 is 4.79 Å². The first-order valence-corrected chi connectivity index (χ1v) is 9.80. The van der Waals surface area contributed by atoms with E-state index in [1.165, 1.54) is 15.6 Å². The third kappa shape index (κ3) is 3.22. The summed E-state index contributed by atoms with van der Waals surface area (Å²) in [6.45, 7) is 2.72. The Labute approximate surface area is 156 Å². The number of aromatic amines is 1. The summed E-state index contributed by atoms with van der Waals surface area (Å²) in [5.74, 6) is 0.919. The van der Waals surface area contributed by atoms with Crippen molar-refractivity contribution in [2.24, 2.45) is 0 Å². The number of hydrogen-bond donors (Lipinski definition) is 2. The lowest BCUT2D eigenvalue weighted by Crippen LogP contribution is -2.26. The molecule has 0 saturated heterocycles. The highest BCUT2D eigenvalue weighted by atomic mass is 32.1. The van der Waals surface area contributed by atoms with Crippen LogP contribution >= 0.6 is 11.3 Å². The quantitative estimate of drug-likeness (QED) is 0.521. The number of fused-ring (bicyclic) bond motifs is 2. The molecule has 2 N–H and O–H groups in total. The van der Waals surface area contributed by atoms with Gasteiger partial charge in [-0.3, -0.25) is 4.79 Å². The standard InChI is InChI=1S/C21H21N3OS/c1-2-7-15-14-8-3-6-11-18(14)26-20(15)21(25)22-13-12-19-23-16-9-4-5-10-17(16)24-19/h3-6,8-11H,2,7,12-13H2,1H3,(H,22,25)(H,23,24). The number of benzene rings is 2. The van der Waals surface area contributed by atoms with Crippen LogP contribution in [0, 0.1) is 0 Å². The molecule has 132 valence electrons. The molecule has 2 aromatic heterocycles. The predicted molar refractivity (Wildman–Crippen MR) is 108 cm³/mol. The zero-order valence-corrected chi connectivity index (χ0v) is 15.5. The Morgan fingerprint density at radius 2 is 1.92 bits per heavy atom. The molecule has 2 aromatic carbocycles. The summed E-state index contributed by atoms with van der Waals surface area (Å²) in [5, 5.41) is 4.27. The first kappa shape index (κ1) is 16.8. The van der Waals surface area contributed by atoms with E-state index < -0.39 is 0 Å². The Bertz CT molecular complexity index is 1030. The minimum absolute atomic E-state index is 0.0192. The number of carbonyl (C=O) groups excluding carboxylic acids is 1. The second-order valence-electron chi connectivity index (χ2n) is 6.36. The fourth-order valence-electron chi connectivity index (χ4n) is 3.28. The number of imidazole rings is 1.